The van der Waals surface area contributed by atoms with Gasteiger partial charge in [0.2, 0.25) is 5.95 Å². The van der Waals surface area contributed by atoms with E-state index in [9.17, 15) is 4.79 Å². The number of imidazole rings is 1. The Morgan fingerprint density at radius 1 is 1.23 bits per heavy atom. The van der Waals surface area contributed by atoms with Crippen LogP contribution in [0, 0.1) is 0 Å². The predicted molar refractivity (Wildman–Crippen MR) is 101 cm³/mol. The van der Waals surface area contributed by atoms with Crippen molar-refractivity contribution in [2.45, 2.75) is 32.9 Å². The molecule has 0 aromatic carbocycles. The van der Waals surface area contributed by atoms with Crippen LogP contribution < -0.4 is 10.9 Å². The number of fused-ring (bicyclic) bond motifs is 2. The quantitative estimate of drug-likeness (QED) is 0.577. The van der Waals surface area contributed by atoms with Gasteiger partial charge in [-0.15, -0.1) is 0 Å². The van der Waals surface area contributed by atoms with Crippen molar-refractivity contribution in [1.82, 2.24) is 29.1 Å². The van der Waals surface area contributed by atoms with Gasteiger partial charge in [-0.3, -0.25) is 9.78 Å². The molecule has 4 aromatic rings. The number of halogens is 1. The van der Waals surface area contributed by atoms with Crippen LogP contribution in [-0.4, -0.2) is 29.1 Å². The molecule has 0 atom stereocenters. The van der Waals surface area contributed by atoms with Gasteiger partial charge in [0.05, 0.1) is 29.0 Å². The average molecular weight is 372 g/mol. The Morgan fingerprint density at radius 2 is 2.04 bits per heavy atom. The number of nitrogens with zero attached hydrogens (tertiary/aromatic N) is 5. The van der Waals surface area contributed by atoms with Crippen molar-refractivity contribution >= 4 is 34.2 Å². The highest BCUT2D eigenvalue weighted by Crippen LogP contribution is 2.19. The fourth-order valence-electron chi connectivity index (χ4n) is 2.77. The van der Waals surface area contributed by atoms with Crippen LogP contribution in [0.15, 0.2) is 35.5 Å². The first-order valence-corrected chi connectivity index (χ1v) is 8.54. The van der Waals surface area contributed by atoms with Crippen molar-refractivity contribution in [2.75, 3.05) is 5.32 Å². The maximum absolute atomic E-state index is 12.3. The van der Waals surface area contributed by atoms with Crippen molar-refractivity contribution in [3.05, 3.63) is 51.8 Å². The van der Waals surface area contributed by atoms with Crippen LogP contribution in [0.2, 0.25) is 5.02 Å². The third kappa shape index (κ3) is 2.92. The number of hydrogen-bond donors (Lipinski definition) is 2. The second kappa shape index (κ2) is 5.84. The van der Waals surface area contributed by atoms with E-state index in [-0.39, 0.29) is 11.1 Å². The third-order valence-electron chi connectivity index (χ3n) is 3.98. The summed E-state index contributed by atoms with van der Waals surface area (Å²) in [6.07, 6.45) is 5.22. The monoisotopic (exact) mass is 371 g/mol. The largest absolute Gasteiger partial charge is 0.350 e. The summed E-state index contributed by atoms with van der Waals surface area (Å²) in [6, 6.07) is 3.64. The lowest BCUT2D eigenvalue weighted by molar-refractivity contribution is 0.366. The molecule has 0 unspecified atom stereocenters. The molecule has 0 spiro atoms. The summed E-state index contributed by atoms with van der Waals surface area (Å²) in [6.45, 7) is 6.45. The minimum absolute atomic E-state index is 0.227. The van der Waals surface area contributed by atoms with Gasteiger partial charge in [0, 0.05) is 12.4 Å². The van der Waals surface area contributed by atoms with E-state index in [0.717, 1.165) is 11.3 Å². The molecule has 0 amide bonds. The molecule has 4 rings (SSSR count). The van der Waals surface area contributed by atoms with Gasteiger partial charge in [-0.25, -0.2) is 9.67 Å². The summed E-state index contributed by atoms with van der Waals surface area (Å²) in [7, 11) is 0. The summed E-state index contributed by atoms with van der Waals surface area (Å²) in [4.78, 5) is 24.1. The van der Waals surface area contributed by atoms with Gasteiger partial charge in [0.25, 0.3) is 5.56 Å². The number of anilines is 1. The van der Waals surface area contributed by atoms with Gasteiger partial charge in [0.15, 0.2) is 5.65 Å². The molecule has 0 aliphatic heterocycles. The molecular formula is C17H18ClN7O. The van der Waals surface area contributed by atoms with Gasteiger partial charge in [-0.05, 0) is 32.9 Å². The Bertz CT molecular complexity index is 1170. The zero-order valence-electron chi connectivity index (χ0n) is 14.6. The van der Waals surface area contributed by atoms with Crippen molar-refractivity contribution in [3.8, 4) is 0 Å². The third-order valence-corrected chi connectivity index (χ3v) is 4.20. The molecule has 134 valence electrons. The van der Waals surface area contributed by atoms with Crippen LogP contribution in [0.4, 0.5) is 5.95 Å². The SMILES string of the molecule is CC(C)(C)n1ncc2c(=O)[nH]c(NCc3cn4cc(Cl)ccc4n3)nc21. The molecule has 0 saturated carbocycles. The summed E-state index contributed by atoms with van der Waals surface area (Å²) in [5.41, 5.74) is 1.65. The molecule has 4 heterocycles. The minimum atomic E-state index is -0.277. The Hall–Kier alpha value is -2.87. The zero-order chi connectivity index (χ0) is 18.5. The summed E-state index contributed by atoms with van der Waals surface area (Å²) < 4.78 is 3.60. The fourth-order valence-corrected chi connectivity index (χ4v) is 2.94. The van der Waals surface area contributed by atoms with E-state index < -0.39 is 0 Å². The highest BCUT2D eigenvalue weighted by molar-refractivity contribution is 6.30. The molecule has 8 nitrogen and oxygen atoms in total. The van der Waals surface area contributed by atoms with Gasteiger partial charge in [-0.2, -0.15) is 10.1 Å². The lowest BCUT2D eigenvalue weighted by atomic mass is 10.1. The first-order valence-electron chi connectivity index (χ1n) is 8.17. The molecule has 26 heavy (non-hydrogen) atoms. The molecule has 0 aliphatic rings. The maximum atomic E-state index is 12.3. The lowest BCUT2D eigenvalue weighted by Crippen LogP contribution is -2.24. The number of aromatic amines is 1. The van der Waals surface area contributed by atoms with E-state index >= 15 is 0 Å². The Kier molecular flexibility index (Phi) is 3.73. The van der Waals surface area contributed by atoms with Crippen molar-refractivity contribution in [1.29, 1.82) is 0 Å². The van der Waals surface area contributed by atoms with E-state index in [1.165, 1.54) is 0 Å². The smallest absolute Gasteiger partial charge is 0.263 e. The normalized spacial score (nSPS) is 12.2. The molecular weight excluding hydrogens is 354 g/mol. The van der Waals surface area contributed by atoms with Crippen LogP contribution in [0.25, 0.3) is 16.7 Å². The number of hydrogen-bond acceptors (Lipinski definition) is 5. The van der Waals surface area contributed by atoms with Crippen molar-refractivity contribution in [2.24, 2.45) is 0 Å². The highest BCUT2D eigenvalue weighted by Gasteiger charge is 2.19. The second-order valence-corrected chi connectivity index (χ2v) is 7.51. The summed E-state index contributed by atoms with van der Waals surface area (Å²) in [5, 5.41) is 8.53. The number of aromatic nitrogens is 6. The Morgan fingerprint density at radius 3 is 2.81 bits per heavy atom. The van der Waals surface area contributed by atoms with E-state index in [1.807, 2.05) is 37.4 Å². The van der Waals surface area contributed by atoms with E-state index in [2.05, 4.69) is 25.4 Å². The van der Waals surface area contributed by atoms with Gasteiger partial charge >= 0.3 is 0 Å². The standard InChI is InChI=1S/C17H18ClN7O/c1-17(2,3)25-14-12(7-20-25)15(26)23-16(22-14)19-6-11-9-24-8-10(18)4-5-13(24)21-11/h4-5,7-9H,6H2,1-3H3,(H2,19,22,23,26). The molecule has 0 bridgehead atoms. The molecule has 0 radical (unpaired) electrons. The zero-order valence-corrected chi connectivity index (χ0v) is 15.4. The topological polar surface area (TPSA) is 92.9 Å². The second-order valence-electron chi connectivity index (χ2n) is 7.08. The van der Waals surface area contributed by atoms with Gasteiger partial charge in [-0.1, -0.05) is 11.6 Å². The van der Waals surface area contributed by atoms with Crippen LogP contribution >= 0.6 is 11.6 Å². The van der Waals surface area contributed by atoms with Gasteiger partial charge in [0.1, 0.15) is 11.0 Å². The molecule has 0 saturated heterocycles. The van der Waals surface area contributed by atoms with Crippen molar-refractivity contribution in [3.63, 3.8) is 0 Å². The van der Waals surface area contributed by atoms with E-state index in [4.69, 9.17) is 11.6 Å². The predicted octanol–water partition coefficient (Wildman–Crippen LogP) is 2.79. The number of nitrogens with one attached hydrogen (secondary N) is 2. The van der Waals surface area contributed by atoms with Crippen LogP contribution in [0.3, 0.4) is 0 Å². The maximum Gasteiger partial charge on any atom is 0.263 e. The van der Waals surface area contributed by atoms with Crippen LogP contribution in [0.5, 0.6) is 0 Å². The number of rotatable bonds is 3. The van der Waals surface area contributed by atoms with Crippen LogP contribution in [0.1, 0.15) is 26.5 Å². The first kappa shape index (κ1) is 16.6. The van der Waals surface area contributed by atoms with Crippen molar-refractivity contribution < 1.29 is 0 Å². The minimum Gasteiger partial charge on any atom is -0.350 e. The van der Waals surface area contributed by atoms with Crippen LogP contribution in [-0.2, 0) is 12.1 Å². The first-order chi connectivity index (χ1) is 12.3. The molecule has 0 fully saturated rings. The highest BCUT2D eigenvalue weighted by atomic mass is 35.5. The Labute approximate surface area is 153 Å². The molecule has 2 N–H and O–H groups in total. The van der Waals surface area contributed by atoms with E-state index in [1.54, 1.807) is 23.1 Å². The number of pyridine rings is 1. The Balaban J connectivity index is 1.65. The summed E-state index contributed by atoms with van der Waals surface area (Å²) >= 11 is 5.99. The molecule has 4 aromatic heterocycles. The number of H-pyrrole nitrogens is 1. The molecule has 9 heteroatoms. The summed E-state index contributed by atoms with van der Waals surface area (Å²) in [5.74, 6) is 0.378. The fraction of sp³-hybridized carbons (Fsp3) is 0.294. The molecule has 0 aliphatic carbocycles. The van der Waals surface area contributed by atoms with E-state index in [0.29, 0.717) is 28.5 Å². The van der Waals surface area contributed by atoms with Gasteiger partial charge < -0.3 is 9.72 Å². The average Bonchev–Trinajstić information content (AvgIpc) is 3.15. The lowest BCUT2D eigenvalue weighted by Gasteiger charge is -2.19.